The minimum atomic E-state index is -0.879. The van der Waals surface area contributed by atoms with Crippen molar-refractivity contribution in [2.45, 2.75) is 25.3 Å². The third kappa shape index (κ3) is 4.48. The molecule has 0 saturated heterocycles. The Balaban J connectivity index is 2.30. The van der Waals surface area contributed by atoms with Crippen molar-refractivity contribution in [2.24, 2.45) is 0 Å². The number of methoxy groups -OCH3 is 1. The van der Waals surface area contributed by atoms with Crippen LogP contribution in [0.1, 0.15) is 19.3 Å². The van der Waals surface area contributed by atoms with Crippen molar-refractivity contribution in [1.82, 2.24) is 10.2 Å². The lowest BCUT2D eigenvalue weighted by Gasteiger charge is -2.21. The van der Waals surface area contributed by atoms with E-state index in [0.717, 1.165) is 12.8 Å². The van der Waals surface area contributed by atoms with Gasteiger partial charge in [0.1, 0.15) is 0 Å². The number of hydrogen-bond donors (Lipinski definition) is 2. The Morgan fingerprint density at radius 1 is 1.50 bits per heavy atom. The van der Waals surface area contributed by atoms with Gasteiger partial charge in [-0.3, -0.25) is 4.79 Å². The summed E-state index contributed by atoms with van der Waals surface area (Å²) >= 11 is 0. The van der Waals surface area contributed by atoms with Gasteiger partial charge < -0.3 is 20.1 Å². The number of carbonyl (C=O) groups is 2. The maximum absolute atomic E-state index is 11.7. The van der Waals surface area contributed by atoms with Crippen LogP contribution >= 0.6 is 0 Å². The zero-order chi connectivity index (χ0) is 12.0. The first kappa shape index (κ1) is 12.8. The van der Waals surface area contributed by atoms with Crippen LogP contribution in [0.25, 0.3) is 0 Å². The molecule has 0 unspecified atom stereocenters. The maximum Gasteiger partial charge on any atom is 0.317 e. The van der Waals surface area contributed by atoms with Gasteiger partial charge >= 0.3 is 12.0 Å². The molecule has 6 nitrogen and oxygen atoms in total. The van der Waals surface area contributed by atoms with Gasteiger partial charge in [0.15, 0.2) is 0 Å². The summed E-state index contributed by atoms with van der Waals surface area (Å²) in [5.41, 5.74) is 0. The summed E-state index contributed by atoms with van der Waals surface area (Å²) in [6, 6.07) is 0.0303. The summed E-state index contributed by atoms with van der Waals surface area (Å²) in [6.45, 7) is 1.19. The number of aliphatic carboxylic acids is 1. The molecule has 0 aliphatic heterocycles. The molecule has 0 bridgehead atoms. The summed E-state index contributed by atoms with van der Waals surface area (Å²) in [6.07, 6.45) is 1.93. The lowest BCUT2D eigenvalue weighted by Crippen LogP contribution is -2.43. The third-order valence-corrected chi connectivity index (χ3v) is 2.40. The summed E-state index contributed by atoms with van der Waals surface area (Å²) in [5.74, 6) is -0.879. The molecule has 0 heterocycles. The van der Waals surface area contributed by atoms with Gasteiger partial charge in [0, 0.05) is 26.2 Å². The van der Waals surface area contributed by atoms with Gasteiger partial charge in [-0.25, -0.2) is 4.79 Å². The second-order valence-electron chi connectivity index (χ2n) is 3.79. The van der Waals surface area contributed by atoms with Gasteiger partial charge in [0.25, 0.3) is 0 Å². The fourth-order valence-corrected chi connectivity index (χ4v) is 1.41. The van der Waals surface area contributed by atoms with E-state index in [1.807, 2.05) is 0 Å². The molecule has 2 N–H and O–H groups in total. The van der Waals surface area contributed by atoms with Crippen LogP contribution in [0.3, 0.4) is 0 Å². The first-order chi connectivity index (χ1) is 7.65. The van der Waals surface area contributed by atoms with Crippen LogP contribution < -0.4 is 5.32 Å². The molecule has 2 amide bonds. The van der Waals surface area contributed by atoms with Gasteiger partial charge in [0.05, 0.1) is 13.0 Å². The molecular weight excluding hydrogens is 212 g/mol. The van der Waals surface area contributed by atoms with Gasteiger partial charge in [-0.15, -0.1) is 0 Å². The minimum Gasteiger partial charge on any atom is -0.481 e. The van der Waals surface area contributed by atoms with Crippen LogP contribution in [-0.2, 0) is 9.53 Å². The molecule has 6 heteroatoms. The molecule has 0 aromatic rings. The van der Waals surface area contributed by atoms with Crippen molar-refractivity contribution in [3.05, 3.63) is 0 Å². The van der Waals surface area contributed by atoms with Gasteiger partial charge in [-0.1, -0.05) is 0 Å². The summed E-state index contributed by atoms with van der Waals surface area (Å²) < 4.78 is 4.82. The topological polar surface area (TPSA) is 78.9 Å². The van der Waals surface area contributed by atoms with E-state index in [4.69, 9.17) is 9.84 Å². The van der Waals surface area contributed by atoms with Crippen LogP contribution in [-0.4, -0.2) is 54.9 Å². The highest BCUT2D eigenvalue weighted by atomic mass is 16.5. The van der Waals surface area contributed by atoms with Crippen molar-refractivity contribution >= 4 is 12.0 Å². The number of amides is 2. The van der Waals surface area contributed by atoms with Crippen LogP contribution in [0.4, 0.5) is 4.79 Å². The number of carbonyl (C=O) groups excluding carboxylic acids is 1. The number of carboxylic acids is 1. The minimum absolute atomic E-state index is 0.00576. The molecule has 1 saturated carbocycles. The number of hydrogen-bond acceptors (Lipinski definition) is 3. The highest BCUT2D eigenvalue weighted by Gasteiger charge is 2.32. The average Bonchev–Trinajstić information content (AvgIpc) is 3.02. The molecule has 1 fully saturated rings. The number of ether oxygens (including phenoxy) is 1. The van der Waals surface area contributed by atoms with Crippen molar-refractivity contribution in [3.63, 3.8) is 0 Å². The lowest BCUT2D eigenvalue weighted by atomic mass is 10.4. The molecule has 0 spiro atoms. The Bertz CT molecular complexity index is 253. The second-order valence-corrected chi connectivity index (χ2v) is 3.79. The van der Waals surface area contributed by atoms with Gasteiger partial charge in [-0.05, 0) is 12.8 Å². The molecule has 1 rings (SSSR count). The lowest BCUT2D eigenvalue weighted by molar-refractivity contribution is -0.137. The number of urea groups is 1. The molecular formula is C10H18N2O4. The quantitative estimate of drug-likeness (QED) is 0.616. The Kier molecular flexibility index (Phi) is 5.04. The van der Waals surface area contributed by atoms with Crippen LogP contribution in [0.5, 0.6) is 0 Å². The summed E-state index contributed by atoms with van der Waals surface area (Å²) in [7, 11) is 1.56. The summed E-state index contributed by atoms with van der Waals surface area (Å²) in [4.78, 5) is 23.7. The number of nitrogens with zero attached hydrogens (tertiary/aromatic N) is 1. The molecule has 0 aromatic carbocycles. The van der Waals surface area contributed by atoms with Gasteiger partial charge in [0.2, 0.25) is 0 Å². The zero-order valence-corrected chi connectivity index (χ0v) is 9.44. The monoisotopic (exact) mass is 230 g/mol. The zero-order valence-electron chi connectivity index (χ0n) is 9.44. The average molecular weight is 230 g/mol. The molecule has 0 aromatic heterocycles. The van der Waals surface area contributed by atoms with Crippen LogP contribution in [0.15, 0.2) is 0 Å². The van der Waals surface area contributed by atoms with E-state index in [9.17, 15) is 9.59 Å². The van der Waals surface area contributed by atoms with E-state index in [1.54, 1.807) is 12.0 Å². The Morgan fingerprint density at radius 3 is 2.69 bits per heavy atom. The molecule has 1 aliphatic rings. The SMILES string of the molecule is COCCNC(=O)N(CCC(=O)O)C1CC1. The Morgan fingerprint density at radius 2 is 2.19 bits per heavy atom. The van der Waals surface area contributed by atoms with Crippen molar-refractivity contribution in [2.75, 3.05) is 26.8 Å². The van der Waals surface area contributed by atoms with E-state index in [0.29, 0.717) is 13.2 Å². The number of nitrogens with one attached hydrogen (secondary N) is 1. The van der Waals surface area contributed by atoms with E-state index in [1.165, 1.54) is 0 Å². The van der Waals surface area contributed by atoms with Crippen LogP contribution in [0.2, 0.25) is 0 Å². The molecule has 0 atom stereocenters. The Hall–Kier alpha value is -1.30. The highest BCUT2D eigenvalue weighted by Crippen LogP contribution is 2.26. The first-order valence-electron chi connectivity index (χ1n) is 5.40. The Labute approximate surface area is 94.6 Å². The molecule has 92 valence electrons. The standard InChI is InChI=1S/C10H18N2O4/c1-16-7-5-11-10(15)12(8-2-3-8)6-4-9(13)14/h8H,2-7H2,1H3,(H,11,15)(H,13,14). The van der Waals surface area contributed by atoms with E-state index >= 15 is 0 Å². The number of rotatable bonds is 7. The van der Waals surface area contributed by atoms with Crippen LogP contribution in [0, 0.1) is 0 Å². The van der Waals surface area contributed by atoms with Crippen molar-refractivity contribution in [3.8, 4) is 0 Å². The first-order valence-corrected chi connectivity index (χ1v) is 5.40. The molecule has 1 aliphatic carbocycles. The van der Waals surface area contributed by atoms with Crippen molar-refractivity contribution < 1.29 is 19.4 Å². The van der Waals surface area contributed by atoms with E-state index in [2.05, 4.69) is 5.32 Å². The maximum atomic E-state index is 11.7. The van der Waals surface area contributed by atoms with E-state index < -0.39 is 5.97 Å². The number of carboxylic acid groups (broad SMARTS) is 1. The van der Waals surface area contributed by atoms with Gasteiger partial charge in [-0.2, -0.15) is 0 Å². The van der Waals surface area contributed by atoms with Crippen molar-refractivity contribution in [1.29, 1.82) is 0 Å². The fourth-order valence-electron chi connectivity index (χ4n) is 1.41. The smallest absolute Gasteiger partial charge is 0.317 e. The predicted molar refractivity (Wildman–Crippen MR) is 57.3 cm³/mol. The largest absolute Gasteiger partial charge is 0.481 e. The second kappa shape index (κ2) is 6.32. The molecule has 16 heavy (non-hydrogen) atoms. The highest BCUT2D eigenvalue weighted by molar-refractivity contribution is 5.76. The predicted octanol–water partition coefficient (Wildman–Crippen LogP) is 0.281. The third-order valence-electron chi connectivity index (χ3n) is 2.40. The fraction of sp³-hybridized carbons (Fsp3) is 0.800. The normalized spacial score (nSPS) is 14.6. The molecule has 0 radical (unpaired) electrons. The summed E-state index contributed by atoms with van der Waals surface area (Å²) in [5, 5.41) is 11.3. The van der Waals surface area contributed by atoms with E-state index in [-0.39, 0.29) is 25.0 Å².